The number of imidazole rings is 1. The third-order valence-corrected chi connectivity index (χ3v) is 7.76. The minimum Gasteiger partial charge on any atom is -0.424 e. The van der Waals surface area contributed by atoms with Crippen molar-refractivity contribution in [2.75, 3.05) is 18.9 Å². The number of phosphoric acid groups is 1. The van der Waals surface area contributed by atoms with E-state index in [9.17, 15) is 14.2 Å². The molecule has 3 fully saturated rings. The highest BCUT2D eigenvalue weighted by Gasteiger charge is 2.64. The molecule has 6 atom stereocenters. The molecule has 3 aliphatic rings. The first-order valence-electron chi connectivity index (χ1n) is 11.0. The second kappa shape index (κ2) is 8.35. The van der Waals surface area contributed by atoms with Crippen LogP contribution in [-0.4, -0.2) is 61.7 Å². The molecule has 3 aliphatic heterocycles. The average molecular weight is 520 g/mol. The number of nitrogens with two attached hydrogens (primary N) is 1. The number of aromatic nitrogens is 5. The Labute approximate surface area is 202 Å². The molecule has 0 spiro atoms. The number of nitrogen functional groups attached to an aromatic ring is 1. The molecule has 0 unspecified atom stereocenters. The van der Waals surface area contributed by atoms with E-state index in [1.165, 1.54) is 10.9 Å². The molecule has 6 rings (SSSR count). The zero-order valence-electron chi connectivity index (χ0n) is 18.8. The zero-order chi connectivity index (χ0) is 25.1. The monoisotopic (exact) mass is 520 g/mol. The molecule has 15 nitrogen and oxygen atoms in total. The Bertz CT molecular complexity index is 1430. The number of aromatic amines is 1. The Morgan fingerprint density at radius 2 is 2.14 bits per heavy atom. The van der Waals surface area contributed by atoms with Gasteiger partial charge in [-0.1, -0.05) is 0 Å². The lowest BCUT2D eigenvalue weighted by Gasteiger charge is -2.29. The number of carbonyl (C=O) groups is 1. The molecule has 0 radical (unpaired) electrons. The van der Waals surface area contributed by atoms with Crippen LogP contribution in [0.15, 0.2) is 35.6 Å². The Hall–Kier alpha value is -3.36. The van der Waals surface area contributed by atoms with Crippen LogP contribution in [-0.2, 0) is 32.3 Å². The van der Waals surface area contributed by atoms with Crippen LogP contribution < -0.4 is 11.3 Å². The summed E-state index contributed by atoms with van der Waals surface area (Å²) in [4.78, 5) is 38.9. The van der Waals surface area contributed by atoms with Crippen molar-refractivity contribution in [3.05, 3.63) is 46.8 Å². The minimum absolute atomic E-state index is 0.0217. The summed E-state index contributed by atoms with van der Waals surface area (Å²) in [7, 11) is -3.97. The number of pyridine rings is 1. The predicted molar refractivity (Wildman–Crippen MR) is 118 cm³/mol. The van der Waals surface area contributed by atoms with E-state index in [1.54, 1.807) is 31.5 Å². The lowest BCUT2D eigenvalue weighted by molar-refractivity contribution is -0.0925. The standard InChI is InChI=1S/C20H21N6O9P/c1-20-14(33-19(28)34-20)12(32-17(20)26-9-23-13-15(26)24-18(21)25-16(13)27)8-31-36(29)30-7-4-11(35-36)10-2-5-22-6-3-10/h2-3,5-6,9,11-12,14,17H,4,7-8H2,1H3,(H3,21,24,25,27)/t11-,12+,14+,17+,20+,36+/m0/s1. The van der Waals surface area contributed by atoms with Crippen LogP contribution >= 0.6 is 7.82 Å². The van der Waals surface area contributed by atoms with E-state index < -0.39 is 49.7 Å². The molecule has 36 heavy (non-hydrogen) atoms. The minimum atomic E-state index is -3.97. The number of ether oxygens (including phenoxy) is 3. The molecule has 0 saturated carbocycles. The summed E-state index contributed by atoms with van der Waals surface area (Å²) < 4.78 is 48.2. The van der Waals surface area contributed by atoms with Gasteiger partial charge >= 0.3 is 14.0 Å². The van der Waals surface area contributed by atoms with E-state index in [0.717, 1.165) is 5.56 Å². The molecule has 3 aromatic rings. The van der Waals surface area contributed by atoms with Gasteiger partial charge in [-0.05, 0) is 24.6 Å². The van der Waals surface area contributed by atoms with Gasteiger partial charge in [0.2, 0.25) is 5.95 Å². The van der Waals surface area contributed by atoms with Crippen LogP contribution in [0.3, 0.4) is 0 Å². The molecule has 0 aliphatic carbocycles. The highest BCUT2D eigenvalue weighted by atomic mass is 31.2. The Morgan fingerprint density at radius 1 is 1.33 bits per heavy atom. The average Bonchev–Trinajstić information content (AvgIpc) is 3.47. The number of rotatable bonds is 5. The number of carbonyl (C=O) groups excluding carboxylic acids is 1. The SMILES string of the molecule is C[C@@]12OC(=O)O[C@@H]1[C@@H](CO[P@@]1(=O)OCC[C@@H](c3ccncc3)O1)O[C@H]2n1cnc2c(=O)[nH]c(N)nc21. The van der Waals surface area contributed by atoms with Crippen LogP contribution in [0.4, 0.5) is 10.7 Å². The second-order valence-electron chi connectivity index (χ2n) is 8.62. The maximum atomic E-state index is 13.2. The number of H-pyrrole nitrogens is 1. The fourth-order valence-corrected chi connectivity index (χ4v) is 6.02. The van der Waals surface area contributed by atoms with Crippen LogP contribution in [0.5, 0.6) is 0 Å². The van der Waals surface area contributed by atoms with Crippen LogP contribution in [0, 0.1) is 0 Å². The number of nitrogens with one attached hydrogen (secondary N) is 1. The summed E-state index contributed by atoms with van der Waals surface area (Å²) in [6.45, 7) is 1.45. The lowest BCUT2D eigenvalue weighted by Crippen LogP contribution is -2.42. The number of anilines is 1. The molecule has 190 valence electrons. The quantitative estimate of drug-likeness (QED) is 0.364. The van der Waals surface area contributed by atoms with Gasteiger partial charge in [0.15, 0.2) is 29.1 Å². The van der Waals surface area contributed by atoms with Crippen molar-refractivity contribution in [3.8, 4) is 0 Å². The van der Waals surface area contributed by atoms with E-state index in [2.05, 4.69) is 19.9 Å². The van der Waals surface area contributed by atoms with Crippen molar-refractivity contribution >= 4 is 31.1 Å². The van der Waals surface area contributed by atoms with Gasteiger partial charge in [0.05, 0.1) is 25.6 Å². The van der Waals surface area contributed by atoms with Gasteiger partial charge in [0.1, 0.15) is 6.10 Å². The molecular weight excluding hydrogens is 499 g/mol. The van der Waals surface area contributed by atoms with Crippen LogP contribution in [0.25, 0.3) is 11.2 Å². The van der Waals surface area contributed by atoms with Crippen molar-refractivity contribution in [2.45, 2.75) is 43.5 Å². The van der Waals surface area contributed by atoms with E-state index >= 15 is 0 Å². The van der Waals surface area contributed by atoms with Crippen molar-refractivity contribution in [2.24, 2.45) is 0 Å². The second-order valence-corrected chi connectivity index (χ2v) is 10.2. The van der Waals surface area contributed by atoms with Gasteiger partial charge in [-0.15, -0.1) is 0 Å². The predicted octanol–water partition coefficient (Wildman–Crippen LogP) is 1.59. The number of phosphoric ester groups is 1. The summed E-state index contributed by atoms with van der Waals surface area (Å²) in [5, 5.41) is 0. The molecule has 0 bridgehead atoms. The molecule has 3 aromatic heterocycles. The molecular formula is C20H21N6O9P. The number of fused-ring (bicyclic) bond motifs is 2. The maximum Gasteiger partial charge on any atom is 0.509 e. The first-order chi connectivity index (χ1) is 17.3. The summed E-state index contributed by atoms with van der Waals surface area (Å²) in [5.41, 5.74) is 4.74. The maximum absolute atomic E-state index is 13.2. The highest BCUT2D eigenvalue weighted by molar-refractivity contribution is 7.48. The van der Waals surface area contributed by atoms with E-state index in [4.69, 9.17) is 33.5 Å². The number of hydrogen-bond acceptors (Lipinski definition) is 13. The van der Waals surface area contributed by atoms with Gasteiger partial charge in [-0.2, -0.15) is 4.98 Å². The smallest absolute Gasteiger partial charge is 0.424 e. The molecule has 16 heteroatoms. The largest absolute Gasteiger partial charge is 0.509 e. The van der Waals surface area contributed by atoms with Crippen molar-refractivity contribution in [1.29, 1.82) is 0 Å². The lowest BCUT2D eigenvalue weighted by atomic mass is 9.96. The van der Waals surface area contributed by atoms with Crippen molar-refractivity contribution in [3.63, 3.8) is 0 Å². The van der Waals surface area contributed by atoms with Crippen molar-refractivity contribution < 1.29 is 37.1 Å². The summed E-state index contributed by atoms with van der Waals surface area (Å²) >= 11 is 0. The molecule has 0 aromatic carbocycles. The molecule has 3 saturated heterocycles. The summed E-state index contributed by atoms with van der Waals surface area (Å²) in [6, 6.07) is 3.51. The van der Waals surface area contributed by atoms with Gasteiger partial charge in [0.25, 0.3) is 5.56 Å². The van der Waals surface area contributed by atoms with E-state index in [-0.39, 0.29) is 30.3 Å². The van der Waals surface area contributed by atoms with Gasteiger partial charge < -0.3 is 19.9 Å². The first kappa shape index (κ1) is 23.1. The first-order valence-corrected chi connectivity index (χ1v) is 12.5. The summed E-state index contributed by atoms with van der Waals surface area (Å²) in [6.07, 6.45) is 0.717. The summed E-state index contributed by atoms with van der Waals surface area (Å²) in [5.74, 6) is -0.123. The molecule has 6 heterocycles. The molecule has 0 amide bonds. The van der Waals surface area contributed by atoms with Crippen LogP contribution in [0.2, 0.25) is 0 Å². The fourth-order valence-electron chi connectivity index (χ4n) is 4.62. The zero-order valence-corrected chi connectivity index (χ0v) is 19.7. The topological polar surface area (TPSA) is 192 Å². The Kier molecular flexibility index (Phi) is 5.35. The fraction of sp³-hybridized carbons (Fsp3) is 0.450. The Balaban J connectivity index is 1.25. The third-order valence-electron chi connectivity index (χ3n) is 6.29. The van der Waals surface area contributed by atoms with E-state index in [1.807, 2.05) is 0 Å². The van der Waals surface area contributed by atoms with Gasteiger partial charge in [0, 0.05) is 18.8 Å². The number of nitrogens with zero attached hydrogens (tertiary/aromatic N) is 4. The molecule has 3 N–H and O–H groups in total. The van der Waals surface area contributed by atoms with Crippen molar-refractivity contribution in [1.82, 2.24) is 24.5 Å². The number of hydrogen-bond donors (Lipinski definition) is 2. The van der Waals surface area contributed by atoms with Gasteiger partial charge in [-0.25, -0.2) is 14.3 Å². The third kappa shape index (κ3) is 3.76. The van der Waals surface area contributed by atoms with E-state index in [0.29, 0.717) is 6.42 Å². The van der Waals surface area contributed by atoms with Gasteiger partial charge in [-0.3, -0.25) is 32.9 Å². The normalized spacial score (nSPS) is 33.9. The Morgan fingerprint density at radius 3 is 2.94 bits per heavy atom. The van der Waals surface area contributed by atoms with Crippen LogP contribution in [0.1, 0.15) is 31.2 Å². The highest BCUT2D eigenvalue weighted by Crippen LogP contribution is 2.58.